The summed E-state index contributed by atoms with van der Waals surface area (Å²) < 4.78 is 5.33. The third-order valence-corrected chi connectivity index (χ3v) is 4.93. The second-order valence-electron chi connectivity index (χ2n) is 6.31. The van der Waals surface area contributed by atoms with Crippen LogP contribution in [0.4, 0.5) is 5.69 Å². The molecule has 1 aromatic carbocycles. The lowest BCUT2D eigenvalue weighted by Crippen LogP contribution is -2.54. The van der Waals surface area contributed by atoms with E-state index in [1.165, 1.54) is 0 Å². The minimum atomic E-state index is -0.318. The molecule has 0 bridgehead atoms. The van der Waals surface area contributed by atoms with E-state index >= 15 is 0 Å². The van der Waals surface area contributed by atoms with Gasteiger partial charge < -0.3 is 19.9 Å². The summed E-state index contributed by atoms with van der Waals surface area (Å²) in [5.74, 6) is 0.246. The molecule has 1 aromatic rings. The fourth-order valence-corrected chi connectivity index (χ4v) is 3.55. The first-order chi connectivity index (χ1) is 11.5. The Bertz CT molecular complexity index is 656. The number of ether oxygens (including phenoxy) is 1. The molecule has 25 heavy (non-hydrogen) atoms. The van der Waals surface area contributed by atoms with Crippen molar-refractivity contribution in [1.29, 1.82) is 0 Å². The van der Waals surface area contributed by atoms with Gasteiger partial charge in [-0.1, -0.05) is 11.6 Å². The Kier molecular flexibility index (Phi) is 6.54. The van der Waals surface area contributed by atoms with Crippen LogP contribution in [0.2, 0.25) is 5.02 Å². The molecule has 2 saturated heterocycles. The average molecular weight is 388 g/mol. The van der Waals surface area contributed by atoms with E-state index in [1.807, 2.05) is 11.8 Å². The Morgan fingerprint density at radius 3 is 2.84 bits per heavy atom. The summed E-state index contributed by atoms with van der Waals surface area (Å²) in [7, 11) is 1.55. The SMILES string of the molecule is COc1ccc(Cl)cc1N1CC(C(=O)N2CCNC[C@@H]2C)CC1=O.Cl. The van der Waals surface area contributed by atoms with Crippen molar-refractivity contribution in [3.8, 4) is 5.75 Å². The van der Waals surface area contributed by atoms with Crippen LogP contribution in [0.1, 0.15) is 13.3 Å². The standard InChI is InChI=1S/C17H22ClN3O3.ClH/c1-11-9-19-5-6-20(11)17(23)12-7-16(22)21(10-12)14-8-13(18)3-4-15(14)24-2;/h3-4,8,11-12,19H,5-7,9-10H2,1-2H3;1H/t11-,12?;/m0./s1. The van der Waals surface area contributed by atoms with E-state index in [2.05, 4.69) is 5.32 Å². The first kappa shape index (κ1) is 19.8. The summed E-state index contributed by atoms with van der Waals surface area (Å²) in [5, 5.41) is 3.80. The van der Waals surface area contributed by atoms with Crippen molar-refractivity contribution in [1.82, 2.24) is 10.2 Å². The van der Waals surface area contributed by atoms with Crippen LogP contribution in [0.15, 0.2) is 18.2 Å². The minimum Gasteiger partial charge on any atom is -0.495 e. The molecule has 0 aromatic heterocycles. The van der Waals surface area contributed by atoms with Gasteiger partial charge in [-0.2, -0.15) is 0 Å². The molecule has 0 spiro atoms. The van der Waals surface area contributed by atoms with Gasteiger partial charge in [0, 0.05) is 43.7 Å². The maximum absolute atomic E-state index is 12.8. The van der Waals surface area contributed by atoms with Crippen molar-refractivity contribution >= 4 is 41.5 Å². The third kappa shape index (κ3) is 4.02. The monoisotopic (exact) mass is 387 g/mol. The van der Waals surface area contributed by atoms with Crippen LogP contribution in [0.5, 0.6) is 5.75 Å². The molecule has 1 N–H and O–H groups in total. The van der Waals surface area contributed by atoms with E-state index in [9.17, 15) is 9.59 Å². The van der Waals surface area contributed by atoms with Gasteiger partial charge in [0.25, 0.3) is 0 Å². The van der Waals surface area contributed by atoms with Gasteiger partial charge in [-0.05, 0) is 25.1 Å². The van der Waals surface area contributed by atoms with Crippen LogP contribution in [-0.2, 0) is 9.59 Å². The van der Waals surface area contributed by atoms with Crippen LogP contribution >= 0.6 is 24.0 Å². The van der Waals surface area contributed by atoms with Crippen molar-refractivity contribution in [2.75, 3.05) is 38.2 Å². The molecule has 0 aliphatic carbocycles. The fourth-order valence-electron chi connectivity index (χ4n) is 3.38. The maximum atomic E-state index is 12.8. The molecular weight excluding hydrogens is 365 g/mol. The lowest BCUT2D eigenvalue weighted by atomic mass is 10.1. The second-order valence-corrected chi connectivity index (χ2v) is 6.74. The lowest BCUT2D eigenvalue weighted by molar-refractivity contribution is -0.138. The lowest BCUT2D eigenvalue weighted by Gasteiger charge is -2.35. The van der Waals surface area contributed by atoms with E-state index < -0.39 is 0 Å². The number of rotatable bonds is 3. The van der Waals surface area contributed by atoms with Gasteiger partial charge in [0.15, 0.2) is 0 Å². The summed E-state index contributed by atoms with van der Waals surface area (Å²) in [6.07, 6.45) is 0.227. The van der Waals surface area contributed by atoms with Gasteiger partial charge in [0.2, 0.25) is 11.8 Å². The van der Waals surface area contributed by atoms with Gasteiger partial charge in [-0.25, -0.2) is 0 Å². The van der Waals surface area contributed by atoms with Crippen molar-refractivity contribution in [2.45, 2.75) is 19.4 Å². The van der Waals surface area contributed by atoms with Crippen LogP contribution < -0.4 is 15.0 Å². The summed E-state index contributed by atoms with van der Waals surface area (Å²) >= 11 is 6.06. The Morgan fingerprint density at radius 2 is 2.16 bits per heavy atom. The molecule has 1 unspecified atom stereocenters. The quantitative estimate of drug-likeness (QED) is 0.860. The molecule has 3 rings (SSSR count). The minimum absolute atomic E-state index is 0. The Hall–Kier alpha value is -1.50. The smallest absolute Gasteiger partial charge is 0.228 e. The zero-order valence-corrected chi connectivity index (χ0v) is 15.9. The number of nitrogens with one attached hydrogen (secondary N) is 1. The van der Waals surface area contributed by atoms with Crippen molar-refractivity contribution in [3.63, 3.8) is 0 Å². The number of hydrogen-bond donors (Lipinski definition) is 1. The molecule has 2 atom stereocenters. The topological polar surface area (TPSA) is 61.9 Å². The number of halogens is 2. The highest BCUT2D eigenvalue weighted by Gasteiger charge is 2.39. The highest BCUT2D eigenvalue weighted by molar-refractivity contribution is 6.31. The molecule has 2 amide bonds. The van der Waals surface area contributed by atoms with E-state index in [0.29, 0.717) is 29.5 Å². The molecule has 2 aliphatic heterocycles. The summed E-state index contributed by atoms with van der Waals surface area (Å²) in [4.78, 5) is 28.8. The highest BCUT2D eigenvalue weighted by Crippen LogP contribution is 2.35. The molecule has 0 radical (unpaired) electrons. The van der Waals surface area contributed by atoms with Crippen LogP contribution in [0, 0.1) is 5.92 Å². The van der Waals surface area contributed by atoms with Gasteiger partial charge in [0.1, 0.15) is 5.75 Å². The van der Waals surface area contributed by atoms with E-state index in [-0.39, 0.29) is 42.6 Å². The van der Waals surface area contributed by atoms with Gasteiger partial charge in [-0.15, -0.1) is 12.4 Å². The first-order valence-electron chi connectivity index (χ1n) is 8.16. The van der Waals surface area contributed by atoms with Crippen LogP contribution in [-0.4, -0.2) is 56.0 Å². The van der Waals surface area contributed by atoms with E-state index in [1.54, 1.807) is 30.2 Å². The molecular formula is C17H23Cl2N3O3. The molecule has 2 heterocycles. The summed E-state index contributed by atoms with van der Waals surface area (Å²) in [5.41, 5.74) is 0.624. The van der Waals surface area contributed by atoms with E-state index in [0.717, 1.165) is 13.1 Å². The predicted molar refractivity (Wildman–Crippen MR) is 99.8 cm³/mol. The number of methoxy groups -OCH3 is 1. The van der Waals surface area contributed by atoms with Gasteiger partial charge in [0.05, 0.1) is 18.7 Å². The zero-order chi connectivity index (χ0) is 17.3. The first-order valence-corrected chi connectivity index (χ1v) is 8.54. The number of carbonyl (C=O) groups is 2. The number of amides is 2. The van der Waals surface area contributed by atoms with Gasteiger partial charge >= 0.3 is 0 Å². The normalized spacial score (nSPS) is 23.4. The summed E-state index contributed by atoms with van der Waals surface area (Å²) in [6, 6.07) is 5.31. The molecule has 2 fully saturated rings. The Morgan fingerprint density at radius 1 is 1.40 bits per heavy atom. The molecule has 8 heteroatoms. The number of benzene rings is 1. The van der Waals surface area contributed by atoms with Crippen LogP contribution in [0.25, 0.3) is 0 Å². The van der Waals surface area contributed by atoms with Gasteiger partial charge in [-0.3, -0.25) is 9.59 Å². The highest BCUT2D eigenvalue weighted by atomic mass is 35.5. The number of hydrogen-bond acceptors (Lipinski definition) is 4. The number of carbonyl (C=O) groups excluding carboxylic acids is 2. The van der Waals surface area contributed by atoms with Crippen molar-refractivity contribution in [2.24, 2.45) is 5.92 Å². The number of nitrogens with zero attached hydrogens (tertiary/aromatic N) is 2. The summed E-state index contributed by atoms with van der Waals surface area (Å²) in [6.45, 7) is 4.66. The second kappa shape index (κ2) is 8.25. The number of piperazine rings is 1. The van der Waals surface area contributed by atoms with Crippen LogP contribution in [0.3, 0.4) is 0 Å². The van der Waals surface area contributed by atoms with Crippen molar-refractivity contribution in [3.05, 3.63) is 23.2 Å². The van der Waals surface area contributed by atoms with E-state index in [4.69, 9.17) is 16.3 Å². The molecule has 0 saturated carbocycles. The average Bonchev–Trinajstić information content (AvgIpc) is 2.96. The maximum Gasteiger partial charge on any atom is 0.228 e. The molecule has 2 aliphatic rings. The largest absolute Gasteiger partial charge is 0.495 e. The van der Waals surface area contributed by atoms with Crippen molar-refractivity contribution < 1.29 is 14.3 Å². The number of anilines is 1. The zero-order valence-electron chi connectivity index (χ0n) is 14.3. The fraction of sp³-hybridized carbons (Fsp3) is 0.529. The Balaban J connectivity index is 0.00000225. The third-order valence-electron chi connectivity index (χ3n) is 4.69. The molecule has 6 nitrogen and oxygen atoms in total. The molecule has 138 valence electrons. The predicted octanol–water partition coefficient (Wildman–Crippen LogP) is 1.94. The Labute approximate surface area is 158 Å².